The zero-order valence-electron chi connectivity index (χ0n) is 5.45. The van der Waals surface area contributed by atoms with Crippen molar-refractivity contribution >= 4 is 19.4 Å². The van der Waals surface area contributed by atoms with E-state index in [1.54, 1.807) is 6.26 Å². The maximum atomic E-state index is 5.12. The smallest absolute Gasteiger partial charge is 0.133 e. The van der Waals surface area contributed by atoms with Crippen LogP contribution in [0.3, 0.4) is 0 Å². The Kier molecular flexibility index (Phi) is 1.81. The topological polar surface area (TPSA) is 13.1 Å². The van der Waals surface area contributed by atoms with Crippen molar-refractivity contribution in [1.29, 1.82) is 0 Å². The van der Waals surface area contributed by atoms with Crippen molar-refractivity contribution in [3.8, 4) is 0 Å². The summed E-state index contributed by atoms with van der Waals surface area (Å²) in [5.41, 5.74) is 0.956. The molecule has 0 saturated heterocycles. The molecule has 1 heterocycles. The molecule has 1 nitrogen and oxygen atoms in total. The molecule has 1 aromatic carbocycles. The molecule has 2 rings (SSSR count). The lowest BCUT2D eigenvalue weighted by molar-refractivity contribution is 0.616. The van der Waals surface area contributed by atoms with Crippen LogP contribution in [0.2, 0.25) is 0 Å². The van der Waals surface area contributed by atoms with E-state index in [1.165, 1.54) is 0 Å². The third kappa shape index (κ3) is 0.925. The first kappa shape index (κ1) is 6.94. The van der Waals surface area contributed by atoms with Gasteiger partial charge in [-0.25, -0.2) is 0 Å². The number of benzene rings is 1. The van der Waals surface area contributed by atoms with Gasteiger partial charge in [-0.2, -0.15) is 0 Å². The summed E-state index contributed by atoms with van der Waals surface area (Å²) in [6.07, 6.45) is 1.70. The summed E-state index contributed by atoms with van der Waals surface area (Å²) < 4.78 is 5.12. The summed E-state index contributed by atoms with van der Waals surface area (Å²) in [6.45, 7) is 0. The number of para-hydroxylation sites is 1. The van der Waals surface area contributed by atoms with Crippen LogP contribution in [0.1, 0.15) is 0 Å². The van der Waals surface area contributed by atoms with Crippen molar-refractivity contribution in [3.63, 3.8) is 0 Å². The first-order chi connectivity index (χ1) is 4.47. The molecule has 0 spiro atoms. The SMILES string of the molecule is [B].c1ccc2occc2c1. The highest BCUT2D eigenvalue weighted by Gasteiger charge is 1.89. The fourth-order valence-electron chi connectivity index (χ4n) is 0.906. The molecule has 0 saturated carbocycles. The Balaban J connectivity index is 0.000000500. The molecule has 10 heavy (non-hydrogen) atoms. The van der Waals surface area contributed by atoms with Gasteiger partial charge in [0.2, 0.25) is 0 Å². The first-order valence-corrected chi connectivity index (χ1v) is 2.89. The van der Waals surface area contributed by atoms with Crippen LogP contribution in [0.25, 0.3) is 11.0 Å². The molecular weight excluding hydrogens is 123 g/mol. The van der Waals surface area contributed by atoms with Crippen LogP contribution < -0.4 is 0 Å². The van der Waals surface area contributed by atoms with Gasteiger partial charge in [-0.3, -0.25) is 0 Å². The van der Waals surface area contributed by atoms with Crippen LogP contribution in [0.15, 0.2) is 41.0 Å². The summed E-state index contributed by atoms with van der Waals surface area (Å²) >= 11 is 0. The molecule has 0 bridgehead atoms. The standard InChI is InChI=1S/C8H6O.B/c1-2-4-8-7(3-1)5-6-9-8;/h1-6H;. The van der Waals surface area contributed by atoms with Crippen molar-refractivity contribution in [2.75, 3.05) is 0 Å². The lowest BCUT2D eigenvalue weighted by atomic mass is 10.3. The van der Waals surface area contributed by atoms with E-state index in [1.807, 2.05) is 30.3 Å². The third-order valence-corrected chi connectivity index (χ3v) is 1.36. The summed E-state index contributed by atoms with van der Waals surface area (Å²) in [7, 11) is 0. The molecule has 2 heteroatoms. The molecule has 47 valence electrons. The zero-order valence-corrected chi connectivity index (χ0v) is 5.45. The number of rotatable bonds is 0. The van der Waals surface area contributed by atoms with E-state index in [4.69, 9.17) is 4.42 Å². The second-order valence-corrected chi connectivity index (χ2v) is 1.96. The lowest BCUT2D eigenvalue weighted by Crippen LogP contribution is -1.57. The monoisotopic (exact) mass is 129 g/mol. The predicted molar refractivity (Wildman–Crippen MR) is 42.0 cm³/mol. The van der Waals surface area contributed by atoms with Gasteiger partial charge in [0.1, 0.15) is 5.58 Å². The second kappa shape index (κ2) is 2.61. The molecule has 0 unspecified atom stereocenters. The van der Waals surface area contributed by atoms with Crippen molar-refractivity contribution in [2.45, 2.75) is 0 Å². The first-order valence-electron chi connectivity index (χ1n) is 2.89. The Morgan fingerprint density at radius 3 is 2.60 bits per heavy atom. The highest BCUT2D eigenvalue weighted by molar-refractivity contribution is 5.76. The Labute approximate surface area is 61.2 Å². The number of hydrogen-bond acceptors (Lipinski definition) is 1. The van der Waals surface area contributed by atoms with E-state index in [2.05, 4.69) is 0 Å². The largest absolute Gasteiger partial charge is 0.464 e. The zero-order chi connectivity index (χ0) is 6.10. The van der Waals surface area contributed by atoms with Gasteiger partial charge < -0.3 is 4.42 Å². The van der Waals surface area contributed by atoms with Crippen LogP contribution >= 0.6 is 0 Å². The van der Waals surface area contributed by atoms with E-state index >= 15 is 0 Å². The van der Waals surface area contributed by atoms with Crippen LogP contribution in [-0.4, -0.2) is 8.41 Å². The summed E-state index contributed by atoms with van der Waals surface area (Å²) in [6, 6.07) is 9.90. The van der Waals surface area contributed by atoms with Gasteiger partial charge >= 0.3 is 0 Å². The molecule has 0 N–H and O–H groups in total. The highest BCUT2D eigenvalue weighted by Crippen LogP contribution is 2.12. The van der Waals surface area contributed by atoms with Gasteiger partial charge in [0.25, 0.3) is 0 Å². The Morgan fingerprint density at radius 2 is 1.80 bits per heavy atom. The normalized spacial score (nSPS) is 9.20. The Bertz CT molecular complexity index is 283. The van der Waals surface area contributed by atoms with Crippen molar-refractivity contribution in [3.05, 3.63) is 36.6 Å². The van der Waals surface area contributed by atoms with Gasteiger partial charge in [0.05, 0.1) is 6.26 Å². The Hall–Kier alpha value is -1.18. The molecule has 2 aromatic rings. The Morgan fingerprint density at radius 1 is 1.00 bits per heavy atom. The van der Waals surface area contributed by atoms with Crippen molar-refractivity contribution < 1.29 is 4.42 Å². The van der Waals surface area contributed by atoms with Gasteiger partial charge in [0.15, 0.2) is 0 Å². The number of hydrogen-bond donors (Lipinski definition) is 0. The highest BCUT2D eigenvalue weighted by atomic mass is 16.3. The quantitative estimate of drug-likeness (QED) is 0.496. The number of furan rings is 1. The molecule has 0 fully saturated rings. The minimum absolute atomic E-state index is 0. The van der Waals surface area contributed by atoms with E-state index in [0.29, 0.717) is 0 Å². The maximum Gasteiger partial charge on any atom is 0.133 e. The molecule has 0 atom stereocenters. The molecule has 1 aromatic heterocycles. The second-order valence-electron chi connectivity index (χ2n) is 1.96. The molecular formula is C8H6BO. The average Bonchev–Trinajstić information content (AvgIpc) is 2.33. The van der Waals surface area contributed by atoms with Crippen molar-refractivity contribution in [2.24, 2.45) is 0 Å². The fraction of sp³-hybridized carbons (Fsp3) is 0. The van der Waals surface area contributed by atoms with Crippen molar-refractivity contribution in [1.82, 2.24) is 0 Å². The van der Waals surface area contributed by atoms with E-state index in [-0.39, 0.29) is 8.41 Å². The van der Waals surface area contributed by atoms with Gasteiger partial charge in [-0.05, 0) is 12.1 Å². The van der Waals surface area contributed by atoms with Crippen LogP contribution in [0.4, 0.5) is 0 Å². The lowest BCUT2D eigenvalue weighted by Gasteiger charge is -1.81. The molecule has 0 aliphatic rings. The van der Waals surface area contributed by atoms with Crippen LogP contribution in [0, 0.1) is 0 Å². The fourth-order valence-corrected chi connectivity index (χ4v) is 0.906. The molecule has 3 radical (unpaired) electrons. The van der Waals surface area contributed by atoms with E-state index < -0.39 is 0 Å². The average molecular weight is 129 g/mol. The predicted octanol–water partition coefficient (Wildman–Crippen LogP) is 2.05. The van der Waals surface area contributed by atoms with Gasteiger partial charge in [-0.15, -0.1) is 0 Å². The number of fused-ring (bicyclic) bond motifs is 1. The minimum Gasteiger partial charge on any atom is -0.464 e. The minimum atomic E-state index is 0. The summed E-state index contributed by atoms with van der Waals surface area (Å²) in [5, 5.41) is 1.16. The maximum absolute atomic E-state index is 5.12. The summed E-state index contributed by atoms with van der Waals surface area (Å²) in [5.74, 6) is 0. The third-order valence-electron chi connectivity index (χ3n) is 1.36. The molecule has 0 aliphatic heterocycles. The van der Waals surface area contributed by atoms with E-state index in [9.17, 15) is 0 Å². The molecule has 0 aliphatic carbocycles. The van der Waals surface area contributed by atoms with Gasteiger partial charge in [-0.1, -0.05) is 18.2 Å². The summed E-state index contributed by atoms with van der Waals surface area (Å²) in [4.78, 5) is 0. The van der Waals surface area contributed by atoms with Crippen LogP contribution in [-0.2, 0) is 0 Å². The van der Waals surface area contributed by atoms with E-state index in [0.717, 1.165) is 11.0 Å². The van der Waals surface area contributed by atoms with Gasteiger partial charge in [0, 0.05) is 13.8 Å². The molecule has 0 amide bonds. The van der Waals surface area contributed by atoms with Crippen LogP contribution in [0.5, 0.6) is 0 Å².